The number of anilines is 1. The number of nitrogens with zero attached hydrogens (tertiary/aromatic N) is 3. The number of imide groups is 1. The molecule has 2 aliphatic heterocycles. The van der Waals surface area contributed by atoms with Crippen molar-refractivity contribution in [1.82, 2.24) is 15.5 Å². The summed E-state index contributed by atoms with van der Waals surface area (Å²) >= 11 is 0. The van der Waals surface area contributed by atoms with E-state index in [1.807, 2.05) is 6.07 Å². The van der Waals surface area contributed by atoms with Crippen LogP contribution in [0.3, 0.4) is 0 Å². The number of benzene rings is 1. The first-order valence-corrected chi connectivity index (χ1v) is 11.4. The maximum absolute atomic E-state index is 12.8. The third-order valence-corrected chi connectivity index (χ3v) is 7.38. The molecule has 1 aromatic carbocycles. The second-order valence-electron chi connectivity index (χ2n) is 9.14. The summed E-state index contributed by atoms with van der Waals surface area (Å²) in [7, 11) is 1.75. The average Bonchev–Trinajstić information content (AvgIpc) is 3.57. The van der Waals surface area contributed by atoms with Crippen LogP contribution in [0.15, 0.2) is 47.5 Å². The molecular formula is C24H31N5O2. The van der Waals surface area contributed by atoms with Crippen molar-refractivity contribution in [1.29, 1.82) is 0 Å². The lowest BCUT2D eigenvalue weighted by Gasteiger charge is -2.20. The maximum atomic E-state index is 12.8. The van der Waals surface area contributed by atoms with Gasteiger partial charge in [-0.25, -0.2) is 0 Å². The molecule has 31 heavy (non-hydrogen) atoms. The number of carbonyl (C=O) groups is 2. The predicted octanol–water partition coefficient (Wildman–Crippen LogP) is 1.49. The molecule has 164 valence electrons. The lowest BCUT2D eigenvalue weighted by atomic mass is 9.85. The second kappa shape index (κ2) is 8.36. The van der Waals surface area contributed by atoms with Crippen LogP contribution in [-0.4, -0.2) is 62.4 Å². The van der Waals surface area contributed by atoms with E-state index >= 15 is 0 Å². The van der Waals surface area contributed by atoms with Gasteiger partial charge in [-0.2, -0.15) is 0 Å². The Morgan fingerprint density at radius 2 is 1.77 bits per heavy atom. The van der Waals surface area contributed by atoms with Crippen molar-refractivity contribution >= 4 is 23.5 Å². The molecule has 5 unspecified atom stereocenters. The quantitative estimate of drug-likeness (QED) is 0.315. The fraction of sp³-hybridized carbons (Fsp3) is 0.542. The van der Waals surface area contributed by atoms with E-state index < -0.39 is 0 Å². The molecule has 7 heteroatoms. The van der Waals surface area contributed by atoms with Gasteiger partial charge in [0.2, 0.25) is 11.8 Å². The molecule has 3 fully saturated rings. The molecule has 1 aromatic rings. The van der Waals surface area contributed by atoms with Crippen molar-refractivity contribution < 1.29 is 9.59 Å². The molecule has 2 heterocycles. The summed E-state index contributed by atoms with van der Waals surface area (Å²) in [6.45, 7) is 3.87. The third-order valence-electron chi connectivity index (χ3n) is 7.38. The average molecular weight is 422 g/mol. The number of rotatable bonds is 6. The van der Waals surface area contributed by atoms with Crippen LogP contribution in [-0.2, 0) is 9.59 Å². The second-order valence-corrected chi connectivity index (χ2v) is 9.14. The van der Waals surface area contributed by atoms with Gasteiger partial charge in [-0.15, -0.1) is 0 Å². The zero-order chi connectivity index (χ0) is 21.4. The first-order chi connectivity index (χ1) is 15.2. The monoisotopic (exact) mass is 421 g/mol. The molecule has 0 aromatic heterocycles. The SMILES string of the molecule is CN=C(NCCN1C(=O)C2C3C=CC(C3)C2C1=O)NCC1CCN(c2ccccc2)C1. The van der Waals surface area contributed by atoms with E-state index in [1.54, 1.807) is 7.05 Å². The van der Waals surface area contributed by atoms with Crippen LogP contribution in [0.5, 0.6) is 0 Å². The predicted molar refractivity (Wildman–Crippen MR) is 121 cm³/mol. The number of amides is 2. The van der Waals surface area contributed by atoms with Crippen molar-refractivity contribution in [2.24, 2.45) is 34.6 Å². The summed E-state index contributed by atoms with van der Waals surface area (Å²) in [5.41, 5.74) is 1.28. The molecule has 2 aliphatic carbocycles. The molecule has 0 spiro atoms. The number of likely N-dealkylation sites (tertiary alicyclic amines) is 1. The van der Waals surface area contributed by atoms with Crippen molar-refractivity contribution in [2.45, 2.75) is 12.8 Å². The molecular weight excluding hydrogens is 390 g/mol. The van der Waals surface area contributed by atoms with Gasteiger partial charge in [-0.1, -0.05) is 30.4 Å². The van der Waals surface area contributed by atoms with Crippen molar-refractivity contribution in [3.8, 4) is 0 Å². The lowest BCUT2D eigenvalue weighted by molar-refractivity contribution is -0.140. The summed E-state index contributed by atoms with van der Waals surface area (Å²) in [5, 5.41) is 6.68. The Bertz CT molecular complexity index is 868. The minimum atomic E-state index is -0.116. The Balaban J connectivity index is 1.06. The minimum absolute atomic E-state index is 0.0172. The van der Waals surface area contributed by atoms with Crippen LogP contribution >= 0.6 is 0 Å². The van der Waals surface area contributed by atoms with Gasteiger partial charge in [-0.05, 0) is 42.7 Å². The highest BCUT2D eigenvalue weighted by Gasteiger charge is 2.58. The Morgan fingerprint density at radius 1 is 1.06 bits per heavy atom. The van der Waals surface area contributed by atoms with E-state index in [9.17, 15) is 9.59 Å². The number of carbonyl (C=O) groups excluding carboxylic acids is 2. The Morgan fingerprint density at radius 3 is 2.45 bits per heavy atom. The van der Waals surface area contributed by atoms with E-state index in [-0.39, 0.29) is 35.5 Å². The summed E-state index contributed by atoms with van der Waals surface area (Å²) in [4.78, 5) is 33.7. The highest BCUT2D eigenvalue weighted by Crippen LogP contribution is 2.52. The third kappa shape index (κ3) is 3.70. The number of guanidine groups is 1. The van der Waals surface area contributed by atoms with Crippen LogP contribution in [0, 0.1) is 29.6 Å². The number of fused-ring (bicyclic) bond motifs is 5. The largest absolute Gasteiger partial charge is 0.371 e. The molecule has 2 amide bonds. The fourth-order valence-electron chi connectivity index (χ4n) is 5.80. The Kier molecular flexibility index (Phi) is 5.42. The van der Waals surface area contributed by atoms with Gasteiger partial charge in [0.1, 0.15) is 0 Å². The maximum Gasteiger partial charge on any atom is 0.233 e. The highest BCUT2D eigenvalue weighted by atomic mass is 16.2. The molecule has 1 saturated carbocycles. The van der Waals surface area contributed by atoms with E-state index in [2.05, 4.69) is 56.9 Å². The molecule has 5 rings (SSSR count). The molecule has 5 atom stereocenters. The van der Waals surface area contributed by atoms with Gasteiger partial charge in [-0.3, -0.25) is 19.5 Å². The number of nitrogens with one attached hydrogen (secondary N) is 2. The van der Waals surface area contributed by atoms with Crippen LogP contribution in [0.25, 0.3) is 0 Å². The number of aliphatic imine (C=N–C) groups is 1. The molecule has 0 radical (unpaired) electrons. The minimum Gasteiger partial charge on any atom is -0.371 e. The number of hydrogen-bond acceptors (Lipinski definition) is 4. The molecule has 4 aliphatic rings. The van der Waals surface area contributed by atoms with Gasteiger partial charge in [0.05, 0.1) is 11.8 Å². The number of allylic oxidation sites excluding steroid dienone is 2. The smallest absolute Gasteiger partial charge is 0.233 e. The van der Waals surface area contributed by atoms with Gasteiger partial charge in [0, 0.05) is 45.5 Å². The summed E-state index contributed by atoms with van der Waals surface area (Å²) in [6.07, 6.45) is 6.38. The lowest BCUT2D eigenvalue weighted by Crippen LogP contribution is -2.44. The number of hydrogen-bond donors (Lipinski definition) is 2. The van der Waals surface area contributed by atoms with Crippen molar-refractivity contribution in [3.63, 3.8) is 0 Å². The van der Waals surface area contributed by atoms with Gasteiger partial charge >= 0.3 is 0 Å². The van der Waals surface area contributed by atoms with Gasteiger partial charge < -0.3 is 15.5 Å². The van der Waals surface area contributed by atoms with Crippen LogP contribution < -0.4 is 15.5 Å². The van der Waals surface area contributed by atoms with Crippen molar-refractivity contribution in [3.05, 3.63) is 42.5 Å². The van der Waals surface area contributed by atoms with Crippen LogP contribution in [0.1, 0.15) is 12.8 Å². The van der Waals surface area contributed by atoms with Crippen molar-refractivity contribution in [2.75, 3.05) is 44.7 Å². The van der Waals surface area contributed by atoms with E-state index in [0.717, 1.165) is 38.4 Å². The van der Waals surface area contributed by atoms with Gasteiger partial charge in [0.15, 0.2) is 5.96 Å². The Labute approximate surface area is 183 Å². The molecule has 2 saturated heterocycles. The first-order valence-electron chi connectivity index (χ1n) is 11.4. The zero-order valence-corrected chi connectivity index (χ0v) is 18.0. The molecule has 2 bridgehead atoms. The standard InChI is InChI=1S/C24H31N5O2/c1-25-24(27-14-16-9-11-28(15-16)19-5-3-2-4-6-19)26-10-12-29-22(30)20-17-7-8-18(13-17)21(20)23(29)31/h2-8,16-18,20-21H,9-15H2,1H3,(H2,25,26,27). The molecule has 2 N–H and O–H groups in total. The van der Waals surface area contributed by atoms with E-state index in [0.29, 0.717) is 19.0 Å². The van der Waals surface area contributed by atoms with Gasteiger partial charge in [0.25, 0.3) is 0 Å². The highest BCUT2D eigenvalue weighted by molar-refractivity contribution is 6.06. The molecule has 7 nitrogen and oxygen atoms in total. The van der Waals surface area contributed by atoms with Crippen LogP contribution in [0.4, 0.5) is 5.69 Å². The normalized spacial score (nSPS) is 31.6. The Hall–Kier alpha value is -2.83. The topological polar surface area (TPSA) is 77.0 Å². The summed E-state index contributed by atoms with van der Waals surface area (Å²) < 4.78 is 0. The van der Waals surface area contributed by atoms with E-state index in [4.69, 9.17) is 0 Å². The summed E-state index contributed by atoms with van der Waals surface area (Å²) in [5.74, 6) is 1.61. The summed E-state index contributed by atoms with van der Waals surface area (Å²) in [6, 6.07) is 10.5. The van der Waals surface area contributed by atoms with E-state index in [1.165, 1.54) is 10.6 Å². The fourth-order valence-corrected chi connectivity index (χ4v) is 5.80. The van der Waals surface area contributed by atoms with Crippen LogP contribution in [0.2, 0.25) is 0 Å². The zero-order valence-electron chi connectivity index (χ0n) is 18.0. The number of para-hydroxylation sites is 1. The first kappa shape index (κ1) is 20.1.